The first-order chi connectivity index (χ1) is 42.0. The maximum atomic E-state index is 13.0. The van der Waals surface area contributed by atoms with Gasteiger partial charge in [-0.15, -0.1) is 0 Å². The van der Waals surface area contributed by atoms with Gasteiger partial charge in [-0.2, -0.15) is 0 Å². The number of ether oxygens (including phenoxy) is 4. The highest BCUT2D eigenvalue weighted by Crippen LogP contribution is 2.45. The van der Waals surface area contributed by atoms with Gasteiger partial charge in [0, 0.05) is 25.7 Å². The molecule has 0 aliphatic rings. The van der Waals surface area contributed by atoms with E-state index in [-0.39, 0.29) is 25.7 Å². The van der Waals surface area contributed by atoms with E-state index in [2.05, 4.69) is 34.6 Å². The maximum Gasteiger partial charge on any atom is 0.472 e. The third-order valence-corrected chi connectivity index (χ3v) is 17.7. The number of hydrogen-bond acceptors (Lipinski definition) is 15. The molecule has 0 aliphatic carbocycles. The third kappa shape index (κ3) is 62.6. The molecule has 17 nitrogen and oxygen atoms in total. The highest BCUT2D eigenvalue weighted by molar-refractivity contribution is 7.47. The number of carbonyl (C=O) groups excluding carboxylic acids is 4. The van der Waals surface area contributed by atoms with E-state index in [1.165, 1.54) is 167 Å². The first-order valence-electron chi connectivity index (χ1n) is 35.6. The van der Waals surface area contributed by atoms with E-state index in [1.54, 1.807) is 0 Å². The summed E-state index contributed by atoms with van der Waals surface area (Å²) < 4.78 is 68.0. The molecule has 0 aromatic heterocycles. The number of carbonyl (C=O) groups is 4. The zero-order valence-corrected chi connectivity index (χ0v) is 57.9. The van der Waals surface area contributed by atoms with Crippen LogP contribution in [0, 0.1) is 5.92 Å². The Morgan fingerprint density at radius 1 is 0.310 bits per heavy atom. The van der Waals surface area contributed by atoms with Crippen molar-refractivity contribution in [2.24, 2.45) is 5.92 Å². The largest absolute Gasteiger partial charge is 0.472 e. The molecule has 0 spiro atoms. The summed E-state index contributed by atoms with van der Waals surface area (Å²) in [6.45, 7) is 7.16. The minimum atomic E-state index is -4.95. The van der Waals surface area contributed by atoms with E-state index >= 15 is 0 Å². The average molecular weight is 1280 g/mol. The molecule has 2 unspecified atom stereocenters. The van der Waals surface area contributed by atoms with Crippen LogP contribution in [-0.2, 0) is 65.4 Å². The summed E-state index contributed by atoms with van der Waals surface area (Å²) in [5, 5.41) is 10.5. The fraction of sp³-hybridized carbons (Fsp3) is 0.941. The van der Waals surface area contributed by atoms with Crippen LogP contribution in [0.5, 0.6) is 0 Å². The van der Waals surface area contributed by atoms with Crippen LogP contribution in [0.1, 0.15) is 349 Å². The molecule has 516 valence electrons. The van der Waals surface area contributed by atoms with Crippen molar-refractivity contribution in [3.63, 3.8) is 0 Å². The van der Waals surface area contributed by atoms with E-state index in [1.807, 2.05) is 0 Å². The third-order valence-electron chi connectivity index (χ3n) is 15.8. The fourth-order valence-electron chi connectivity index (χ4n) is 10.3. The van der Waals surface area contributed by atoms with Gasteiger partial charge in [-0.1, -0.05) is 298 Å². The lowest BCUT2D eigenvalue weighted by Crippen LogP contribution is -2.30. The van der Waals surface area contributed by atoms with Crippen molar-refractivity contribution in [3.8, 4) is 0 Å². The van der Waals surface area contributed by atoms with Gasteiger partial charge in [0.1, 0.15) is 19.3 Å². The summed E-state index contributed by atoms with van der Waals surface area (Å²) in [6.07, 6.45) is 47.4. The molecule has 0 amide bonds. The van der Waals surface area contributed by atoms with Gasteiger partial charge < -0.3 is 33.8 Å². The van der Waals surface area contributed by atoms with Crippen LogP contribution >= 0.6 is 15.6 Å². The van der Waals surface area contributed by atoms with Crippen LogP contribution in [0.2, 0.25) is 0 Å². The molecule has 0 bridgehead atoms. The molecule has 19 heteroatoms. The van der Waals surface area contributed by atoms with Crippen molar-refractivity contribution in [1.29, 1.82) is 0 Å². The molecule has 0 rings (SSSR count). The van der Waals surface area contributed by atoms with Gasteiger partial charge in [0.2, 0.25) is 0 Å². The van der Waals surface area contributed by atoms with Crippen LogP contribution < -0.4 is 0 Å². The molecule has 0 aliphatic heterocycles. The Kier molecular flexibility index (Phi) is 60.2. The zero-order valence-electron chi connectivity index (χ0n) is 56.2. The lowest BCUT2D eigenvalue weighted by atomic mass is 10.0. The van der Waals surface area contributed by atoms with Gasteiger partial charge in [-0.25, -0.2) is 9.13 Å². The first kappa shape index (κ1) is 85.1. The first-order valence-corrected chi connectivity index (χ1v) is 38.6. The molecule has 0 radical (unpaired) electrons. The Hall–Kier alpha value is -1.94. The van der Waals surface area contributed by atoms with Crippen LogP contribution in [0.4, 0.5) is 0 Å². The van der Waals surface area contributed by atoms with Gasteiger partial charge in [0.15, 0.2) is 12.2 Å². The van der Waals surface area contributed by atoms with Gasteiger partial charge in [0.05, 0.1) is 26.4 Å². The van der Waals surface area contributed by atoms with Crippen molar-refractivity contribution in [3.05, 3.63) is 0 Å². The second-order valence-electron chi connectivity index (χ2n) is 25.0. The average Bonchev–Trinajstić information content (AvgIpc) is 3.70. The highest BCUT2D eigenvalue weighted by atomic mass is 31.2. The number of phosphoric acid groups is 2. The molecule has 87 heavy (non-hydrogen) atoms. The van der Waals surface area contributed by atoms with E-state index in [0.29, 0.717) is 25.7 Å². The lowest BCUT2D eigenvalue weighted by molar-refractivity contribution is -0.161. The number of rotatable bonds is 68. The molecule has 0 heterocycles. The predicted octanol–water partition coefficient (Wildman–Crippen LogP) is 19.4. The standard InChI is InChI=1S/C68H132O17P2/c1-6-9-12-15-17-19-21-23-24-26-30-35-39-44-49-54-68(73)85-64(58-79-66(71)52-47-42-37-33-31-27-28-32-36-41-45-50-61(4)5)60-83-87(76,77)81-56-62(69)55-80-86(74,75)82-59-63(57-78-65(70)51-46-40-14-11-8-3)84-67(72)53-48-43-38-34-29-25-22-20-18-16-13-10-7-2/h61-64,69H,6-60H2,1-5H3,(H,74,75)(H,76,77)/t62-,63+,64+/m0/s1. The second kappa shape index (κ2) is 61.6. The van der Waals surface area contributed by atoms with Crippen molar-refractivity contribution >= 4 is 39.5 Å². The highest BCUT2D eigenvalue weighted by Gasteiger charge is 2.30. The lowest BCUT2D eigenvalue weighted by Gasteiger charge is -2.21. The molecule has 0 fully saturated rings. The molecule has 5 atom stereocenters. The number of phosphoric ester groups is 2. The Morgan fingerprint density at radius 3 is 0.782 bits per heavy atom. The Balaban J connectivity index is 5.16. The van der Waals surface area contributed by atoms with E-state index in [4.69, 9.17) is 37.0 Å². The molecule has 0 aromatic rings. The van der Waals surface area contributed by atoms with Crippen molar-refractivity contribution < 1.29 is 80.2 Å². The summed E-state index contributed by atoms with van der Waals surface area (Å²) in [5.74, 6) is -1.36. The number of aliphatic hydroxyl groups is 1. The Labute approximate surface area is 530 Å². The monoisotopic (exact) mass is 1280 g/mol. The SMILES string of the molecule is CCCCCCCCCCCCCCCCCC(=O)O[C@H](COC(=O)CCCCCCCCCCCCCC(C)C)COP(=O)(O)OC[C@@H](O)COP(=O)(O)OC[C@@H](COC(=O)CCCCCCC)OC(=O)CCCCCCCCCCCCCCC. The Bertz CT molecular complexity index is 1690. The van der Waals surface area contributed by atoms with Gasteiger partial charge in [-0.05, 0) is 31.6 Å². The number of aliphatic hydroxyl groups excluding tert-OH is 1. The maximum absolute atomic E-state index is 13.0. The molecule has 0 saturated heterocycles. The minimum Gasteiger partial charge on any atom is -0.462 e. The summed E-state index contributed by atoms with van der Waals surface area (Å²) >= 11 is 0. The van der Waals surface area contributed by atoms with Crippen LogP contribution in [0.15, 0.2) is 0 Å². The van der Waals surface area contributed by atoms with Crippen LogP contribution in [0.3, 0.4) is 0 Å². The quantitative estimate of drug-likeness (QED) is 0.0222. The zero-order chi connectivity index (χ0) is 64.2. The molecular formula is C68H132O17P2. The van der Waals surface area contributed by atoms with Gasteiger partial charge in [0.25, 0.3) is 0 Å². The number of hydrogen-bond donors (Lipinski definition) is 3. The summed E-state index contributed by atoms with van der Waals surface area (Å²) in [5.41, 5.74) is 0. The van der Waals surface area contributed by atoms with E-state index < -0.39 is 97.5 Å². The van der Waals surface area contributed by atoms with Crippen molar-refractivity contribution in [2.45, 2.75) is 368 Å². The minimum absolute atomic E-state index is 0.107. The van der Waals surface area contributed by atoms with Gasteiger partial charge in [-0.3, -0.25) is 37.3 Å². The topological polar surface area (TPSA) is 237 Å². The number of esters is 4. The van der Waals surface area contributed by atoms with Crippen LogP contribution in [0.25, 0.3) is 0 Å². The summed E-state index contributed by atoms with van der Waals surface area (Å²) in [7, 11) is -9.89. The fourth-order valence-corrected chi connectivity index (χ4v) is 11.9. The summed E-state index contributed by atoms with van der Waals surface area (Å²) in [6, 6.07) is 0. The van der Waals surface area contributed by atoms with Crippen LogP contribution in [-0.4, -0.2) is 96.7 Å². The second-order valence-corrected chi connectivity index (χ2v) is 27.9. The normalized spacial score (nSPS) is 14.1. The van der Waals surface area contributed by atoms with Gasteiger partial charge >= 0.3 is 39.5 Å². The predicted molar refractivity (Wildman–Crippen MR) is 349 cm³/mol. The van der Waals surface area contributed by atoms with Crippen molar-refractivity contribution in [1.82, 2.24) is 0 Å². The van der Waals surface area contributed by atoms with Crippen molar-refractivity contribution in [2.75, 3.05) is 39.6 Å². The molecule has 0 aromatic carbocycles. The number of unbranched alkanes of at least 4 members (excludes halogenated alkanes) is 40. The molecule has 0 saturated carbocycles. The van der Waals surface area contributed by atoms with E-state index in [9.17, 15) is 43.2 Å². The smallest absolute Gasteiger partial charge is 0.462 e. The Morgan fingerprint density at radius 2 is 0.529 bits per heavy atom. The van der Waals surface area contributed by atoms with E-state index in [0.717, 1.165) is 102 Å². The molecule has 3 N–H and O–H groups in total. The summed E-state index contributed by atoms with van der Waals surface area (Å²) in [4.78, 5) is 72.2. The molecular weight excluding hydrogens is 1150 g/mol.